The number of anilines is 1. The van der Waals surface area contributed by atoms with Crippen molar-refractivity contribution in [3.63, 3.8) is 0 Å². The molecule has 0 radical (unpaired) electrons. The zero-order valence-corrected chi connectivity index (χ0v) is 14.4. The Hall–Kier alpha value is -3.02. The molecule has 6 heteroatoms. The molecule has 0 saturated heterocycles. The SMILES string of the molecule is COC(=O)c1ccccc1NCC(=O)NCCOc1cccc(C)c1. The summed E-state index contributed by atoms with van der Waals surface area (Å²) in [5, 5.41) is 5.70. The van der Waals surface area contributed by atoms with Gasteiger partial charge in [-0.15, -0.1) is 0 Å². The zero-order chi connectivity index (χ0) is 18.1. The van der Waals surface area contributed by atoms with Crippen molar-refractivity contribution in [2.45, 2.75) is 6.92 Å². The molecule has 0 spiro atoms. The highest BCUT2D eigenvalue weighted by atomic mass is 16.5. The van der Waals surface area contributed by atoms with Crippen molar-refractivity contribution in [2.75, 3.05) is 32.1 Å². The molecule has 0 heterocycles. The average Bonchev–Trinajstić information content (AvgIpc) is 2.63. The minimum absolute atomic E-state index is 0.0540. The molecular formula is C19H22N2O4. The van der Waals surface area contributed by atoms with Crippen molar-refractivity contribution in [1.82, 2.24) is 5.32 Å². The fourth-order valence-corrected chi connectivity index (χ4v) is 2.23. The van der Waals surface area contributed by atoms with Gasteiger partial charge in [-0.25, -0.2) is 4.79 Å². The van der Waals surface area contributed by atoms with Crippen LogP contribution >= 0.6 is 0 Å². The maximum absolute atomic E-state index is 11.9. The van der Waals surface area contributed by atoms with Crippen LogP contribution in [-0.2, 0) is 9.53 Å². The topological polar surface area (TPSA) is 76.7 Å². The van der Waals surface area contributed by atoms with Gasteiger partial charge in [0.25, 0.3) is 0 Å². The molecule has 1 amide bonds. The Balaban J connectivity index is 1.73. The van der Waals surface area contributed by atoms with Gasteiger partial charge in [0.15, 0.2) is 0 Å². The largest absolute Gasteiger partial charge is 0.492 e. The molecule has 0 unspecified atom stereocenters. The Kier molecular flexibility index (Phi) is 6.83. The van der Waals surface area contributed by atoms with Gasteiger partial charge >= 0.3 is 5.97 Å². The molecule has 6 nitrogen and oxygen atoms in total. The monoisotopic (exact) mass is 342 g/mol. The Labute approximate surface area is 147 Å². The quantitative estimate of drug-likeness (QED) is 0.569. The third-order valence-corrected chi connectivity index (χ3v) is 3.45. The van der Waals surface area contributed by atoms with E-state index in [4.69, 9.17) is 9.47 Å². The second kappa shape index (κ2) is 9.32. The number of hydrogen-bond acceptors (Lipinski definition) is 5. The lowest BCUT2D eigenvalue weighted by Gasteiger charge is -2.11. The predicted molar refractivity (Wildman–Crippen MR) is 96.0 cm³/mol. The van der Waals surface area contributed by atoms with Gasteiger partial charge in [-0.1, -0.05) is 24.3 Å². The van der Waals surface area contributed by atoms with E-state index in [1.54, 1.807) is 24.3 Å². The number of aryl methyl sites for hydroxylation is 1. The second-order valence-electron chi connectivity index (χ2n) is 5.41. The van der Waals surface area contributed by atoms with Gasteiger partial charge in [0.05, 0.1) is 25.8 Å². The molecule has 2 rings (SSSR count). The predicted octanol–water partition coefficient (Wildman–Crippen LogP) is 2.39. The molecule has 2 aromatic rings. The van der Waals surface area contributed by atoms with E-state index in [-0.39, 0.29) is 12.5 Å². The van der Waals surface area contributed by atoms with Crippen molar-refractivity contribution in [3.8, 4) is 5.75 Å². The number of para-hydroxylation sites is 1. The Bertz CT molecular complexity index is 731. The molecule has 0 aliphatic heterocycles. The summed E-state index contributed by atoms with van der Waals surface area (Å²) in [6.45, 7) is 2.83. The molecule has 2 N–H and O–H groups in total. The zero-order valence-electron chi connectivity index (χ0n) is 14.4. The van der Waals surface area contributed by atoms with E-state index in [2.05, 4.69) is 10.6 Å². The number of ether oxygens (including phenoxy) is 2. The summed E-state index contributed by atoms with van der Waals surface area (Å²) < 4.78 is 10.3. The van der Waals surface area contributed by atoms with Crippen molar-refractivity contribution >= 4 is 17.6 Å². The average molecular weight is 342 g/mol. The normalized spacial score (nSPS) is 10.0. The Morgan fingerprint density at radius 2 is 1.88 bits per heavy atom. The van der Waals surface area contributed by atoms with Crippen LogP contribution in [0.15, 0.2) is 48.5 Å². The van der Waals surface area contributed by atoms with Crippen LogP contribution < -0.4 is 15.4 Å². The lowest BCUT2D eigenvalue weighted by molar-refractivity contribution is -0.119. The summed E-state index contributed by atoms with van der Waals surface area (Å²) in [5.74, 6) is 0.141. The Morgan fingerprint density at radius 1 is 1.08 bits per heavy atom. The molecule has 0 fully saturated rings. The van der Waals surface area contributed by atoms with E-state index in [1.165, 1.54) is 7.11 Å². The fraction of sp³-hybridized carbons (Fsp3) is 0.263. The molecule has 25 heavy (non-hydrogen) atoms. The number of esters is 1. The third kappa shape index (κ3) is 5.84. The van der Waals surface area contributed by atoms with Crippen LogP contribution in [-0.4, -0.2) is 38.7 Å². The fourth-order valence-electron chi connectivity index (χ4n) is 2.23. The van der Waals surface area contributed by atoms with E-state index < -0.39 is 5.97 Å². The van der Waals surface area contributed by atoms with Gasteiger partial charge in [0.2, 0.25) is 5.91 Å². The molecule has 0 atom stereocenters. The highest BCUT2D eigenvalue weighted by molar-refractivity contribution is 5.96. The summed E-state index contributed by atoms with van der Waals surface area (Å²) >= 11 is 0. The third-order valence-electron chi connectivity index (χ3n) is 3.45. The molecule has 0 aliphatic carbocycles. The maximum atomic E-state index is 11.9. The minimum Gasteiger partial charge on any atom is -0.492 e. The first-order valence-corrected chi connectivity index (χ1v) is 7.97. The van der Waals surface area contributed by atoms with Crippen LogP contribution in [0.2, 0.25) is 0 Å². The summed E-state index contributed by atoms with van der Waals surface area (Å²) in [7, 11) is 1.32. The van der Waals surface area contributed by atoms with Crippen LogP contribution in [0.4, 0.5) is 5.69 Å². The van der Waals surface area contributed by atoms with Gasteiger partial charge in [-0.2, -0.15) is 0 Å². The lowest BCUT2D eigenvalue weighted by Crippen LogP contribution is -2.33. The van der Waals surface area contributed by atoms with E-state index in [0.717, 1.165) is 11.3 Å². The minimum atomic E-state index is -0.449. The number of amides is 1. The lowest BCUT2D eigenvalue weighted by atomic mass is 10.2. The summed E-state index contributed by atoms with van der Waals surface area (Å²) in [4.78, 5) is 23.6. The summed E-state index contributed by atoms with van der Waals surface area (Å²) in [5.41, 5.74) is 2.07. The number of benzene rings is 2. The van der Waals surface area contributed by atoms with Gasteiger partial charge in [-0.3, -0.25) is 4.79 Å². The first kappa shape index (κ1) is 18.3. The van der Waals surface area contributed by atoms with E-state index in [9.17, 15) is 9.59 Å². The van der Waals surface area contributed by atoms with Crippen LogP contribution in [0.5, 0.6) is 5.75 Å². The van der Waals surface area contributed by atoms with E-state index >= 15 is 0 Å². The van der Waals surface area contributed by atoms with Crippen LogP contribution in [0, 0.1) is 6.92 Å². The van der Waals surface area contributed by atoms with Crippen LogP contribution in [0.3, 0.4) is 0 Å². The first-order valence-electron chi connectivity index (χ1n) is 7.97. The second-order valence-corrected chi connectivity index (χ2v) is 5.41. The summed E-state index contributed by atoms with van der Waals surface area (Å²) in [6.07, 6.45) is 0. The number of methoxy groups -OCH3 is 1. The van der Waals surface area contributed by atoms with Gasteiger partial charge in [0.1, 0.15) is 12.4 Å². The van der Waals surface area contributed by atoms with Gasteiger partial charge in [-0.05, 0) is 36.8 Å². The number of nitrogens with one attached hydrogen (secondary N) is 2. The smallest absolute Gasteiger partial charge is 0.339 e. The van der Waals surface area contributed by atoms with E-state index in [0.29, 0.717) is 24.4 Å². The van der Waals surface area contributed by atoms with Crippen LogP contribution in [0.25, 0.3) is 0 Å². The molecule has 0 aliphatic rings. The molecule has 2 aromatic carbocycles. The summed E-state index contributed by atoms with van der Waals surface area (Å²) in [6, 6.07) is 14.6. The molecular weight excluding hydrogens is 320 g/mol. The number of hydrogen-bond donors (Lipinski definition) is 2. The number of rotatable bonds is 8. The van der Waals surface area contributed by atoms with Crippen molar-refractivity contribution < 1.29 is 19.1 Å². The number of carbonyl (C=O) groups excluding carboxylic acids is 2. The standard InChI is InChI=1S/C19H22N2O4/c1-14-6-5-7-15(12-14)25-11-10-20-18(22)13-21-17-9-4-3-8-16(17)19(23)24-2/h3-9,12,21H,10-11,13H2,1-2H3,(H,20,22). The van der Waals surface area contributed by atoms with Gasteiger partial charge < -0.3 is 20.1 Å². The van der Waals surface area contributed by atoms with Crippen molar-refractivity contribution in [2.24, 2.45) is 0 Å². The first-order chi connectivity index (χ1) is 12.1. The molecule has 0 saturated carbocycles. The molecule has 0 bridgehead atoms. The van der Waals surface area contributed by atoms with E-state index in [1.807, 2.05) is 31.2 Å². The van der Waals surface area contributed by atoms with Gasteiger partial charge in [0, 0.05) is 5.69 Å². The highest BCUT2D eigenvalue weighted by Gasteiger charge is 2.11. The number of carbonyl (C=O) groups is 2. The van der Waals surface area contributed by atoms with Crippen LogP contribution in [0.1, 0.15) is 15.9 Å². The maximum Gasteiger partial charge on any atom is 0.339 e. The van der Waals surface area contributed by atoms with Crippen molar-refractivity contribution in [3.05, 3.63) is 59.7 Å². The molecule has 0 aromatic heterocycles. The highest BCUT2D eigenvalue weighted by Crippen LogP contribution is 2.15. The Morgan fingerprint density at radius 3 is 2.64 bits per heavy atom. The van der Waals surface area contributed by atoms with Crippen molar-refractivity contribution in [1.29, 1.82) is 0 Å². The molecule has 132 valence electrons.